The van der Waals surface area contributed by atoms with Gasteiger partial charge in [0.2, 0.25) is 5.91 Å². The number of amides is 1. The van der Waals surface area contributed by atoms with Crippen LogP contribution in [-0.2, 0) is 19.1 Å². The van der Waals surface area contributed by atoms with E-state index in [2.05, 4.69) is 0 Å². The molecule has 0 bridgehead atoms. The van der Waals surface area contributed by atoms with Crippen molar-refractivity contribution in [2.24, 2.45) is 0 Å². The predicted octanol–water partition coefficient (Wildman–Crippen LogP) is 0.967. The smallest absolute Gasteiger partial charge is 0.325 e. The Balaban J connectivity index is 2.36. The first-order valence-corrected chi connectivity index (χ1v) is 6.13. The maximum absolute atomic E-state index is 11.9. The molecule has 1 aliphatic carbocycles. The molecule has 0 saturated heterocycles. The monoisotopic (exact) mass is 243 g/mol. The molecule has 0 unspecified atom stereocenters. The van der Waals surface area contributed by atoms with Crippen LogP contribution in [0.2, 0.25) is 0 Å². The molecule has 1 saturated carbocycles. The zero-order valence-electron chi connectivity index (χ0n) is 10.6. The van der Waals surface area contributed by atoms with Crippen LogP contribution in [0.4, 0.5) is 0 Å². The van der Waals surface area contributed by atoms with Gasteiger partial charge in [-0.3, -0.25) is 9.59 Å². The number of hydrogen-bond donors (Lipinski definition) is 0. The molecule has 5 heteroatoms. The molecule has 0 atom stereocenters. The summed E-state index contributed by atoms with van der Waals surface area (Å²) in [5.41, 5.74) is 0. The summed E-state index contributed by atoms with van der Waals surface area (Å²) in [6.45, 7) is 2.78. The molecule has 1 amide bonds. The summed E-state index contributed by atoms with van der Waals surface area (Å²) in [5.74, 6) is -0.294. The van der Waals surface area contributed by atoms with Gasteiger partial charge in [0.15, 0.2) is 0 Å². The van der Waals surface area contributed by atoms with Gasteiger partial charge in [-0.25, -0.2) is 0 Å². The maximum Gasteiger partial charge on any atom is 0.325 e. The van der Waals surface area contributed by atoms with Crippen molar-refractivity contribution in [1.82, 2.24) is 4.90 Å². The molecule has 1 rings (SSSR count). The second-order valence-corrected chi connectivity index (χ2v) is 4.15. The van der Waals surface area contributed by atoms with E-state index in [9.17, 15) is 9.59 Å². The minimum atomic E-state index is -0.320. The Bertz CT molecular complexity index is 263. The Kier molecular flexibility index (Phi) is 5.97. The number of carbonyl (C=O) groups is 2. The first-order chi connectivity index (χ1) is 8.19. The Morgan fingerprint density at radius 2 is 2.06 bits per heavy atom. The molecule has 98 valence electrons. The summed E-state index contributed by atoms with van der Waals surface area (Å²) in [7, 11) is 1.61. The maximum atomic E-state index is 11.9. The zero-order chi connectivity index (χ0) is 12.7. The summed E-state index contributed by atoms with van der Waals surface area (Å²) < 4.78 is 9.77. The van der Waals surface area contributed by atoms with Crippen LogP contribution in [-0.4, -0.2) is 49.7 Å². The molecule has 0 heterocycles. The molecular weight excluding hydrogens is 222 g/mol. The summed E-state index contributed by atoms with van der Waals surface area (Å²) in [6.07, 6.45) is 3.12. The Morgan fingerprint density at radius 3 is 2.59 bits per heavy atom. The third kappa shape index (κ3) is 5.17. The molecule has 17 heavy (non-hydrogen) atoms. The van der Waals surface area contributed by atoms with E-state index >= 15 is 0 Å². The molecule has 0 aromatic carbocycles. The highest BCUT2D eigenvalue weighted by Crippen LogP contribution is 2.27. The second kappa shape index (κ2) is 7.27. The number of nitrogens with zero attached hydrogens (tertiary/aromatic N) is 1. The summed E-state index contributed by atoms with van der Waals surface area (Å²) in [6, 6.07) is 0.245. The van der Waals surface area contributed by atoms with E-state index in [1.807, 2.05) is 0 Å². The predicted molar refractivity (Wildman–Crippen MR) is 62.5 cm³/mol. The van der Waals surface area contributed by atoms with Gasteiger partial charge >= 0.3 is 5.97 Å². The van der Waals surface area contributed by atoms with Crippen LogP contribution < -0.4 is 0 Å². The van der Waals surface area contributed by atoms with Gasteiger partial charge in [0, 0.05) is 26.2 Å². The Hall–Kier alpha value is -1.10. The van der Waals surface area contributed by atoms with Crippen LogP contribution in [0.1, 0.15) is 32.6 Å². The van der Waals surface area contributed by atoms with Crippen molar-refractivity contribution in [3.63, 3.8) is 0 Å². The first kappa shape index (κ1) is 14.0. The standard InChI is InChI=1S/C12H21NO4/c1-3-17-12(15)9-13(10-6-7-10)11(14)5-4-8-16-2/h10H,3-9H2,1-2H3. The first-order valence-electron chi connectivity index (χ1n) is 6.13. The Labute approximate surface area is 102 Å². The molecule has 0 radical (unpaired) electrons. The van der Waals surface area contributed by atoms with Crippen molar-refractivity contribution in [1.29, 1.82) is 0 Å². The third-order valence-electron chi connectivity index (χ3n) is 2.65. The third-order valence-corrected chi connectivity index (χ3v) is 2.65. The normalized spacial score (nSPS) is 14.5. The lowest BCUT2D eigenvalue weighted by Crippen LogP contribution is -2.38. The number of carbonyl (C=O) groups excluding carboxylic acids is 2. The van der Waals surface area contributed by atoms with E-state index in [1.54, 1.807) is 18.9 Å². The van der Waals surface area contributed by atoms with Crippen molar-refractivity contribution < 1.29 is 19.1 Å². The van der Waals surface area contributed by atoms with Crippen LogP contribution in [0, 0.1) is 0 Å². The largest absolute Gasteiger partial charge is 0.465 e. The Morgan fingerprint density at radius 1 is 1.35 bits per heavy atom. The molecule has 0 spiro atoms. The molecule has 5 nitrogen and oxygen atoms in total. The second-order valence-electron chi connectivity index (χ2n) is 4.15. The van der Waals surface area contributed by atoms with Crippen LogP contribution >= 0.6 is 0 Å². The average Bonchev–Trinajstić information content (AvgIpc) is 3.10. The van der Waals surface area contributed by atoms with Crippen molar-refractivity contribution in [3.8, 4) is 0 Å². The number of methoxy groups -OCH3 is 1. The molecule has 0 aromatic rings. The van der Waals surface area contributed by atoms with Crippen LogP contribution in [0.3, 0.4) is 0 Å². The molecule has 0 N–H and O–H groups in total. The van der Waals surface area contributed by atoms with Gasteiger partial charge in [0.25, 0.3) is 0 Å². The SMILES string of the molecule is CCOC(=O)CN(C(=O)CCCOC)C1CC1. The van der Waals surface area contributed by atoms with Crippen LogP contribution in [0.25, 0.3) is 0 Å². The number of esters is 1. The van der Waals surface area contributed by atoms with Gasteiger partial charge in [0.05, 0.1) is 6.61 Å². The zero-order valence-corrected chi connectivity index (χ0v) is 10.6. The van der Waals surface area contributed by atoms with Crippen molar-refractivity contribution >= 4 is 11.9 Å². The number of hydrogen-bond acceptors (Lipinski definition) is 4. The van der Waals surface area contributed by atoms with Gasteiger partial charge in [-0.05, 0) is 26.2 Å². The lowest BCUT2D eigenvalue weighted by Gasteiger charge is -2.21. The summed E-state index contributed by atoms with van der Waals surface area (Å²) in [4.78, 5) is 24.9. The lowest BCUT2D eigenvalue weighted by atomic mass is 10.2. The van der Waals surface area contributed by atoms with Gasteiger partial charge in [-0.2, -0.15) is 0 Å². The highest BCUT2D eigenvalue weighted by molar-refractivity contribution is 5.82. The molecule has 0 aromatic heterocycles. The van der Waals surface area contributed by atoms with E-state index in [0.717, 1.165) is 12.8 Å². The van der Waals surface area contributed by atoms with Gasteiger partial charge < -0.3 is 14.4 Å². The number of ether oxygens (including phenoxy) is 2. The van der Waals surface area contributed by atoms with Crippen LogP contribution in [0.5, 0.6) is 0 Å². The fourth-order valence-corrected chi connectivity index (χ4v) is 1.66. The molecule has 1 aliphatic rings. The van der Waals surface area contributed by atoms with E-state index in [4.69, 9.17) is 9.47 Å². The minimum Gasteiger partial charge on any atom is -0.465 e. The molecular formula is C12H21NO4. The number of rotatable bonds is 8. The average molecular weight is 243 g/mol. The highest BCUT2D eigenvalue weighted by Gasteiger charge is 2.33. The summed E-state index contributed by atoms with van der Waals surface area (Å²) >= 11 is 0. The van der Waals surface area contributed by atoms with E-state index in [-0.39, 0.29) is 24.5 Å². The van der Waals surface area contributed by atoms with Crippen molar-refractivity contribution in [3.05, 3.63) is 0 Å². The van der Waals surface area contributed by atoms with Gasteiger partial charge in [-0.1, -0.05) is 0 Å². The minimum absolute atomic E-state index is 0.0256. The van der Waals surface area contributed by atoms with Crippen LogP contribution in [0.15, 0.2) is 0 Å². The van der Waals surface area contributed by atoms with E-state index in [1.165, 1.54) is 0 Å². The quantitative estimate of drug-likeness (QED) is 0.471. The highest BCUT2D eigenvalue weighted by atomic mass is 16.5. The van der Waals surface area contributed by atoms with Gasteiger partial charge in [-0.15, -0.1) is 0 Å². The molecule has 0 aliphatic heterocycles. The summed E-state index contributed by atoms with van der Waals surface area (Å²) in [5, 5.41) is 0. The van der Waals surface area contributed by atoms with Gasteiger partial charge in [0.1, 0.15) is 6.54 Å². The van der Waals surface area contributed by atoms with Crippen molar-refractivity contribution in [2.45, 2.75) is 38.6 Å². The van der Waals surface area contributed by atoms with Crippen molar-refractivity contribution in [2.75, 3.05) is 26.9 Å². The molecule has 1 fully saturated rings. The lowest BCUT2D eigenvalue weighted by molar-refractivity contribution is -0.149. The topological polar surface area (TPSA) is 55.8 Å². The van der Waals surface area contributed by atoms with E-state index in [0.29, 0.717) is 26.1 Å². The fraction of sp³-hybridized carbons (Fsp3) is 0.833. The fourth-order valence-electron chi connectivity index (χ4n) is 1.66. The van der Waals surface area contributed by atoms with E-state index < -0.39 is 0 Å².